The molecule has 1 aliphatic rings. The van der Waals surface area contributed by atoms with Crippen molar-refractivity contribution in [3.8, 4) is 0 Å². The van der Waals surface area contributed by atoms with Crippen molar-refractivity contribution >= 4 is 23.6 Å². The summed E-state index contributed by atoms with van der Waals surface area (Å²) >= 11 is 0. The molecule has 2 aromatic rings. The minimum Gasteiger partial charge on any atom is -0.481 e. The van der Waals surface area contributed by atoms with E-state index in [1.165, 1.54) is 0 Å². The van der Waals surface area contributed by atoms with Crippen molar-refractivity contribution in [2.75, 3.05) is 13.1 Å². The molecule has 1 atom stereocenters. The standard InChI is InChI=1S/C24H28N4O4/c25-23(26)18-6-8-19(9-7-18)24(32)27-20(17-4-2-1-3-5-17)15-21(29)28-12-10-16(11-13-28)14-22(30)31/h1-9,16,20H,10-15H2,(H3,25,26)(H,27,32)(H,30,31)/t20-/m1/s1. The number of nitrogens with one attached hydrogen (secondary N) is 2. The molecule has 8 nitrogen and oxygen atoms in total. The van der Waals surface area contributed by atoms with Gasteiger partial charge in [0.25, 0.3) is 5.91 Å². The van der Waals surface area contributed by atoms with Crippen LogP contribution in [0.2, 0.25) is 0 Å². The second kappa shape index (κ2) is 10.6. The fraction of sp³-hybridized carbons (Fsp3) is 0.333. The predicted octanol–water partition coefficient (Wildman–Crippen LogP) is 2.55. The van der Waals surface area contributed by atoms with Gasteiger partial charge in [-0.3, -0.25) is 19.8 Å². The third-order valence-corrected chi connectivity index (χ3v) is 5.77. The van der Waals surface area contributed by atoms with Crippen molar-refractivity contribution in [1.82, 2.24) is 10.2 Å². The molecule has 0 spiro atoms. The molecule has 1 heterocycles. The van der Waals surface area contributed by atoms with Crippen LogP contribution in [0.5, 0.6) is 0 Å². The Morgan fingerprint density at radius 1 is 1.03 bits per heavy atom. The average molecular weight is 437 g/mol. The number of carbonyl (C=O) groups is 3. The lowest BCUT2D eigenvalue weighted by Gasteiger charge is -2.32. The minimum atomic E-state index is -0.807. The van der Waals surface area contributed by atoms with E-state index in [1.54, 1.807) is 29.2 Å². The van der Waals surface area contributed by atoms with E-state index in [-0.39, 0.29) is 36.4 Å². The van der Waals surface area contributed by atoms with Crippen molar-refractivity contribution in [3.05, 3.63) is 71.3 Å². The van der Waals surface area contributed by atoms with Gasteiger partial charge in [-0.2, -0.15) is 0 Å². The number of nitrogens with two attached hydrogens (primary N) is 1. The summed E-state index contributed by atoms with van der Waals surface area (Å²) in [7, 11) is 0. The van der Waals surface area contributed by atoms with Gasteiger partial charge in [0.15, 0.2) is 0 Å². The fourth-order valence-electron chi connectivity index (χ4n) is 3.92. The maximum absolute atomic E-state index is 13.0. The molecule has 0 bridgehead atoms. The molecule has 32 heavy (non-hydrogen) atoms. The SMILES string of the molecule is N=C(N)c1ccc(C(=O)N[C@H](CC(=O)N2CCC(CC(=O)O)CC2)c2ccccc2)cc1. The number of carboxylic acid groups (broad SMARTS) is 1. The normalized spacial score (nSPS) is 15.1. The summed E-state index contributed by atoms with van der Waals surface area (Å²) in [5.41, 5.74) is 7.24. The number of carboxylic acids is 1. The van der Waals surface area contributed by atoms with Crippen LogP contribution < -0.4 is 11.1 Å². The Labute approximate surface area is 186 Å². The van der Waals surface area contributed by atoms with Gasteiger partial charge in [-0.25, -0.2) is 0 Å². The molecule has 0 aromatic heterocycles. The average Bonchev–Trinajstić information content (AvgIpc) is 2.79. The van der Waals surface area contributed by atoms with Crippen molar-refractivity contribution in [1.29, 1.82) is 5.41 Å². The molecule has 2 aromatic carbocycles. The Morgan fingerprint density at radius 2 is 1.62 bits per heavy atom. The van der Waals surface area contributed by atoms with Crippen molar-refractivity contribution < 1.29 is 19.5 Å². The molecule has 2 amide bonds. The maximum atomic E-state index is 13.0. The minimum absolute atomic E-state index is 0.0696. The van der Waals surface area contributed by atoms with Gasteiger partial charge in [0.2, 0.25) is 5.91 Å². The van der Waals surface area contributed by atoms with Crippen LogP contribution in [0.4, 0.5) is 0 Å². The molecule has 0 saturated carbocycles. The molecule has 8 heteroatoms. The molecule has 5 N–H and O–H groups in total. The highest BCUT2D eigenvalue weighted by atomic mass is 16.4. The van der Waals surface area contributed by atoms with Crippen LogP contribution in [0.15, 0.2) is 54.6 Å². The summed E-state index contributed by atoms with van der Waals surface area (Å²) in [6.45, 7) is 1.05. The molecular formula is C24H28N4O4. The van der Waals surface area contributed by atoms with Gasteiger partial charge in [0.05, 0.1) is 12.5 Å². The highest BCUT2D eigenvalue weighted by Crippen LogP contribution is 2.24. The van der Waals surface area contributed by atoms with Crippen LogP contribution in [0, 0.1) is 11.3 Å². The van der Waals surface area contributed by atoms with Gasteiger partial charge in [0, 0.05) is 30.6 Å². The van der Waals surface area contributed by atoms with Gasteiger partial charge in [-0.05, 0) is 36.5 Å². The molecule has 0 aliphatic carbocycles. The van der Waals surface area contributed by atoms with Gasteiger partial charge < -0.3 is 21.1 Å². The third-order valence-electron chi connectivity index (χ3n) is 5.77. The smallest absolute Gasteiger partial charge is 0.303 e. The maximum Gasteiger partial charge on any atom is 0.303 e. The van der Waals surface area contributed by atoms with Gasteiger partial charge in [-0.15, -0.1) is 0 Å². The zero-order valence-corrected chi connectivity index (χ0v) is 17.8. The summed E-state index contributed by atoms with van der Waals surface area (Å²) in [6, 6.07) is 15.3. The number of amides is 2. The van der Waals surface area contributed by atoms with Gasteiger partial charge in [0.1, 0.15) is 5.84 Å². The molecule has 3 rings (SSSR count). The summed E-state index contributed by atoms with van der Waals surface area (Å²) < 4.78 is 0. The Bertz CT molecular complexity index is 967. The number of aliphatic carboxylic acids is 1. The molecule has 1 aliphatic heterocycles. The second-order valence-corrected chi connectivity index (χ2v) is 8.05. The van der Waals surface area contributed by atoms with Gasteiger partial charge >= 0.3 is 5.97 Å². The van der Waals surface area contributed by atoms with Crippen LogP contribution in [0.1, 0.15) is 53.2 Å². The van der Waals surface area contributed by atoms with Crippen LogP contribution >= 0.6 is 0 Å². The molecule has 1 saturated heterocycles. The molecule has 168 valence electrons. The number of likely N-dealkylation sites (tertiary alicyclic amines) is 1. The fourth-order valence-corrected chi connectivity index (χ4v) is 3.92. The highest BCUT2D eigenvalue weighted by Gasteiger charge is 2.27. The zero-order valence-electron chi connectivity index (χ0n) is 17.8. The lowest BCUT2D eigenvalue weighted by atomic mass is 9.93. The topological polar surface area (TPSA) is 137 Å². The van der Waals surface area contributed by atoms with Crippen molar-refractivity contribution in [3.63, 3.8) is 0 Å². The lowest BCUT2D eigenvalue weighted by molar-refractivity contribution is -0.138. The predicted molar refractivity (Wildman–Crippen MR) is 120 cm³/mol. The molecule has 0 radical (unpaired) electrons. The van der Waals surface area contributed by atoms with E-state index in [2.05, 4.69) is 5.32 Å². The zero-order chi connectivity index (χ0) is 23.1. The van der Waals surface area contributed by atoms with E-state index < -0.39 is 12.0 Å². The first-order chi connectivity index (χ1) is 15.3. The van der Waals surface area contributed by atoms with Crippen molar-refractivity contribution in [2.45, 2.75) is 31.7 Å². The number of hydrogen-bond acceptors (Lipinski definition) is 4. The van der Waals surface area contributed by atoms with Crippen LogP contribution in [0.25, 0.3) is 0 Å². The molecular weight excluding hydrogens is 408 g/mol. The summed E-state index contributed by atoms with van der Waals surface area (Å²) in [4.78, 5) is 38.5. The lowest BCUT2D eigenvalue weighted by Crippen LogP contribution is -2.41. The first-order valence-corrected chi connectivity index (χ1v) is 10.6. The van der Waals surface area contributed by atoms with E-state index in [4.69, 9.17) is 16.2 Å². The molecule has 1 fully saturated rings. The Hall–Kier alpha value is -3.68. The highest BCUT2D eigenvalue weighted by molar-refractivity contribution is 5.98. The first kappa shape index (κ1) is 23.0. The number of nitrogen functional groups attached to an aromatic ring is 1. The van der Waals surface area contributed by atoms with Crippen LogP contribution in [0.3, 0.4) is 0 Å². The summed E-state index contributed by atoms with van der Waals surface area (Å²) in [6.07, 6.45) is 1.59. The van der Waals surface area contributed by atoms with E-state index >= 15 is 0 Å². The number of nitrogens with zero attached hydrogens (tertiary/aromatic N) is 1. The van der Waals surface area contributed by atoms with Crippen LogP contribution in [-0.2, 0) is 9.59 Å². The Kier molecular flexibility index (Phi) is 7.59. The number of benzene rings is 2. The number of carbonyl (C=O) groups excluding carboxylic acids is 2. The molecule has 0 unspecified atom stereocenters. The monoisotopic (exact) mass is 436 g/mol. The van der Waals surface area contributed by atoms with E-state index in [9.17, 15) is 14.4 Å². The number of rotatable bonds is 8. The summed E-state index contributed by atoms with van der Waals surface area (Å²) in [5, 5.41) is 19.4. The van der Waals surface area contributed by atoms with E-state index in [0.29, 0.717) is 37.1 Å². The first-order valence-electron chi connectivity index (χ1n) is 10.6. The van der Waals surface area contributed by atoms with Crippen molar-refractivity contribution in [2.24, 2.45) is 11.7 Å². The van der Waals surface area contributed by atoms with E-state index in [1.807, 2.05) is 30.3 Å². The Balaban J connectivity index is 1.67. The second-order valence-electron chi connectivity index (χ2n) is 8.05. The Morgan fingerprint density at radius 3 is 2.19 bits per heavy atom. The number of piperidine rings is 1. The quantitative estimate of drug-likeness (QED) is 0.372. The number of hydrogen-bond donors (Lipinski definition) is 4. The van der Waals surface area contributed by atoms with Gasteiger partial charge in [-0.1, -0.05) is 42.5 Å². The third kappa shape index (κ3) is 6.16. The number of amidine groups is 1. The largest absolute Gasteiger partial charge is 0.481 e. The summed E-state index contributed by atoms with van der Waals surface area (Å²) in [5.74, 6) is -1.17. The van der Waals surface area contributed by atoms with E-state index in [0.717, 1.165) is 5.56 Å². The van der Waals surface area contributed by atoms with Crippen LogP contribution in [-0.4, -0.2) is 46.7 Å².